The lowest BCUT2D eigenvalue weighted by molar-refractivity contribution is 0.268. The van der Waals surface area contributed by atoms with Gasteiger partial charge >= 0.3 is 0 Å². The monoisotopic (exact) mass is 324 g/mol. The number of rotatable bonds is 5. The quantitative estimate of drug-likeness (QED) is 0.846. The molecule has 0 aliphatic carbocycles. The van der Waals surface area contributed by atoms with Crippen molar-refractivity contribution in [1.82, 2.24) is 9.97 Å². The topological polar surface area (TPSA) is 53.5 Å². The van der Waals surface area contributed by atoms with Crippen LogP contribution in [0.2, 0.25) is 0 Å². The zero-order valence-corrected chi connectivity index (χ0v) is 12.2. The Kier molecular flexibility index (Phi) is 4.57. The Morgan fingerprint density at radius 1 is 1.11 bits per heavy atom. The van der Waals surface area contributed by atoms with E-state index in [0.717, 1.165) is 10.2 Å². The molecule has 0 saturated carbocycles. The molecule has 100 valence electrons. The first-order chi connectivity index (χ1) is 9.22. The highest BCUT2D eigenvalue weighted by Crippen LogP contribution is 2.27. The summed E-state index contributed by atoms with van der Waals surface area (Å²) in [6.07, 6.45) is 3.30. The standard InChI is InChI=1S/C13H13BrN2O3/c1-17-11-4-3-10(15-7-11)8-19-13-12(18-2)5-9(14)6-16-13/h3-7H,8H2,1-2H3. The first-order valence-electron chi connectivity index (χ1n) is 5.54. The Labute approximate surface area is 119 Å². The Morgan fingerprint density at radius 2 is 1.95 bits per heavy atom. The number of aromatic nitrogens is 2. The molecule has 0 saturated heterocycles. The number of hydrogen-bond acceptors (Lipinski definition) is 5. The van der Waals surface area contributed by atoms with Gasteiger partial charge in [-0.1, -0.05) is 0 Å². The summed E-state index contributed by atoms with van der Waals surface area (Å²) in [4.78, 5) is 8.36. The van der Waals surface area contributed by atoms with Gasteiger partial charge in [0.1, 0.15) is 12.4 Å². The van der Waals surface area contributed by atoms with Crippen LogP contribution in [-0.4, -0.2) is 24.2 Å². The van der Waals surface area contributed by atoms with Crippen LogP contribution in [0.25, 0.3) is 0 Å². The van der Waals surface area contributed by atoms with Crippen molar-refractivity contribution in [2.45, 2.75) is 6.61 Å². The summed E-state index contributed by atoms with van der Waals surface area (Å²) in [6.45, 7) is 0.314. The van der Waals surface area contributed by atoms with E-state index in [1.807, 2.05) is 12.1 Å². The van der Waals surface area contributed by atoms with Gasteiger partial charge in [-0.15, -0.1) is 0 Å². The van der Waals surface area contributed by atoms with Crippen LogP contribution in [0.3, 0.4) is 0 Å². The highest BCUT2D eigenvalue weighted by molar-refractivity contribution is 9.10. The molecule has 0 atom stereocenters. The molecule has 0 unspecified atom stereocenters. The Bertz CT molecular complexity index is 546. The third-order valence-corrected chi connectivity index (χ3v) is 2.83. The van der Waals surface area contributed by atoms with Crippen molar-refractivity contribution in [3.05, 3.63) is 40.8 Å². The van der Waals surface area contributed by atoms with Crippen LogP contribution in [-0.2, 0) is 6.61 Å². The largest absolute Gasteiger partial charge is 0.495 e. The first-order valence-corrected chi connectivity index (χ1v) is 6.33. The van der Waals surface area contributed by atoms with Gasteiger partial charge in [0.25, 0.3) is 5.88 Å². The van der Waals surface area contributed by atoms with Crippen LogP contribution in [0.15, 0.2) is 35.1 Å². The fourth-order valence-electron chi connectivity index (χ4n) is 1.42. The van der Waals surface area contributed by atoms with Gasteiger partial charge in [-0.2, -0.15) is 0 Å². The van der Waals surface area contributed by atoms with Gasteiger partial charge in [0.2, 0.25) is 0 Å². The minimum Gasteiger partial charge on any atom is -0.495 e. The van der Waals surface area contributed by atoms with E-state index < -0.39 is 0 Å². The lowest BCUT2D eigenvalue weighted by Gasteiger charge is -2.09. The molecule has 0 aliphatic rings. The van der Waals surface area contributed by atoms with E-state index >= 15 is 0 Å². The van der Waals surface area contributed by atoms with Crippen LogP contribution in [0.4, 0.5) is 0 Å². The highest BCUT2D eigenvalue weighted by atomic mass is 79.9. The summed E-state index contributed by atoms with van der Waals surface area (Å²) >= 11 is 3.32. The lowest BCUT2D eigenvalue weighted by atomic mass is 10.3. The molecule has 0 aromatic carbocycles. The maximum absolute atomic E-state index is 5.58. The normalized spacial score (nSPS) is 10.1. The Hall–Kier alpha value is -1.82. The molecule has 2 heterocycles. The Morgan fingerprint density at radius 3 is 2.58 bits per heavy atom. The number of ether oxygens (including phenoxy) is 3. The maximum atomic E-state index is 5.58. The van der Waals surface area contributed by atoms with Crippen LogP contribution < -0.4 is 14.2 Å². The van der Waals surface area contributed by atoms with E-state index in [0.29, 0.717) is 24.0 Å². The fraction of sp³-hybridized carbons (Fsp3) is 0.231. The SMILES string of the molecule is COc1ccc(COc2ncc(Br)cc2OC)nc1. The van der Waals surface area contributed by atoms with E-state index in [1.54, 1.807) is 32.7 Å². The second kappa shape index (κ2) is 6.38. The molecule has 0 spiro atoms. The molecule has 0 N–H and O–H groups in total. The number of nitrogens with zero attached hydrogens (tertiary/aromatic N) is 2. The molecular formula is C13H13BrN2O3. The van der Waals surface area contributed by atoms with Crippen LogP contribution >= 0.6 is 15.9 Å². The van der Waals surface area contributed by atoms with Gasteiger partial charge in [-0.05, 0) is 28.1 Å². The van der Waals surface area contributed by atoms with Crippen molar-refractivity contribution in [1.29, 1.82) is 0 Å². The number of methoxy groups -OCH3 is 2. The van der Waals surface area contributed by atoms with Gasteiger partial charge in [0.15, 0.2) is 5.75 Å². The van der Waals surface area contributed by atoms with E-state index in [9.17, 15) is 0 Å². The summed E-state index contributed by atoms with van der Waals surface area (Å²) in [5.74, 6) is 1.72. The molecule has 0 aliphatic heterocycles. The van der Waals surface area contributed by atoms with Crippen LogP contribution in [0, 0.1) is 0 Å². The van der Waals surface area contributed by atoms with Crippen LogP contribution in [0.1, 0.15) is 5.69 Å². The maximum Gasteiger partial charge on any atom is 0.257 e. The minimum atomic E-state index is 0.314. The average molecular weight is 325 g/mol. The van der Waals surface area contributed by atoms with Crippen molar-refractivity contribution < 1.29 is 14.2 Å². The van der Waals surface area contributed by atoms with E-state index in [-0.39, 0.29) is 0 Å². The van der Waals surface area contributed by atoms with Gasteiger partial charge < -0.3 is 14.2 Å². The van der Waals surface area contributed by atoms with E-state index in [2.05, 4.69) is 25.9 Å². The van der Waals surface area contributed by atoms with Crippen molar-refractivity contribution >= 4 is 15.9 Å². The van der Waals surface area contributed by atoms with Gasteiger partial charge in [-0.3, -0.25) is 4.98 Å². The summed E-state index contributed by atoms with van der Waals surface area (Å²) < 4.78 is 16.6. The summed E-state index contributed by atoms with van der Waals surface area (Å²) in [5, 5.41) is 0. The summed E-state index contributed by atoms with van der Waals surface area (Å²) in [5.41, 5.74) is 0.785. The molecule has 6 heteroatoms. The molecule has 2 aromatic heterocycles. The van der Waals surface area contributed by atoms with Gasteiger partial charge in [0.05, 0.1) is 26.1 Å². The number of halogens is 1. The second-order valence-corrected chi connectivity index (χ2v) is 4.55. The smallest absolute Gasteiger partial charge is 0.257 e. The molecule has 19 heavy (non-hydrogen) atoms. The van der Waals surface area contributed by atoms with Crippen molar-refractivity contribution in [3.63, 3.8) is 0 Å². The Balaban J connectivity index is 2.05. The van der Waals surface area contributed by atoms with Gasteiger partial charge in [0, 0.05) is 16.7 Å². The zero-order chi connectivity index (χ0) is 13.7. The van der Waals surface area contributed by atoms with Crippen molar-refractivity contribution in [2.75, 3.05) is 14.2 Å². The lowest BCUT2D eigenvalue weighted by Crippen LogP contribution is -2.01. The zero-order valence-electron chi connectivity index (χ0n) is 10.6. The highest BCUT2D eigenvalue weighted by Gasteiger charge is 2.07. The van der Waals surface area contributed by atoms with Crippen LogP contribution in [0.5, 0.6) is 17.4 Å². The van der Waals surface area contributed by atoms with Gasteiger partial charge in [-0.25, -0.2) is 4.98 Å². The fourth-order valence-corrected chi connectivity index (χ4v) is 1.73. The van der Waals surface area contributed by atoms with Crippen molar-refractivity contribution in [3.8, 4) is 17.4 Å². The molecule has 0 radical (unpaired) electrons. The summed E-state index contributed by atoms with van der Waals surface area (Å²) in [6, 6.07) is 5.46. The predicted octanol–water partition coefficient (Wildman–Crippen LogP) is 2.84. The average Bonchev–Trinajstić information content (AvgIpc) is 2.46. The molecule has 2 rings (SSSR count). The second-order valence-electron chi connectivity index (χ2n) is 3.64. The van der Waals surface area contributed by atoms with E-state index in [1.165, 1.54) is 0 Å². The number of hydrogen-bond donors (Lipinski definition) is 0. The van der Waals surface area contributed by atoms with E-state index in [4.69, 9.17) is 14.2 Å². The molecule has 5 nitrogen and oxygen atoms in total. The third kappa shape index (κ3) is 3.57. The molecule has 0 bridgehead atoms. The molecule has 0 amide bonds. The summed E-state index contributed by atoms with van der Waals surface area (Å²) in [7, 11) is 3.17. The molecule has 0 fully saturated rings. The van der Waals surface area contributed by atoms with Crippen molar-refractivity contribution in [2.24, 2.45) is 0 Å². The minimum absolute atomic E-state index is 0.314. The predicted molar refractivity (Wildman–Crippen MR) is 73.6 cm³/mol. The third-order valence-electron chi connectivity index (χ3n) is 2.39. The molecular weight excluding hydrogens is 312 g/mol. The number of pyridine rings is 2. The molecule has 2 aromatic rings. The first kappa shape index (κ1) is 13.6.